The molecule has 0 aliphatic carbocycles. The molecule has 1 N–H and O–H groups in total. The molecule has 0 aliphatic rings. The lowest BCUT2D eigenvalue weighted by Gasteiger charge is -2.11. The standard InChI is InChI=1S/C17H12BrCl2N/c18-16-5-6-17(15-4-2-1-3-14(15)16)21-10-11-7-12(19)9-13(20)8-11/h1-9,21H,10H2. The van der Waals surface area contributed by atoms with Crippen molar-refractivity contribution in [1.82, 2.24) is 0 Å². The van der Waals surface area contributed by atoms with Crippen LogP contribution in [0, 0.1) is 0 Å². The first-order valence-corrected chi connectivity index (χ1v) is 8.04. The van der Waals surface area contributed by atoms with E-state index in [1.165, 1.54) is 10.8 Å². The molecule has 0 radical (unpaired) electrons. The fourth-order valence-electron chi connectivity index (χ4n) is 2.33. The van der Waals surface area contributed by atoms with Gasteiger partial charge in [0, 0.05) is 32.1 Å². The molecule has 3 rings (SSSR count). The number of nitrogens with one attached hydrogen (secondary N) is 1. The van der Waals surface area contributed by atoms with E-state index in [0.29, 0.717) is 16.6 Å². The van der Waals surface area contributed by atoms with Gasteiger partial charge in [-0.2, -0.15) is 0 Å². The van der Waals surface area contributed by atoms with Crippen LogP contribution in [-0.2, 0) is 6.54 Å². The number of fused-ring (bicyclic) bond motifs is 1. The van der Waals surface area contributed by atoms with E-state index < -0.39 is 0 Å². The van der Waals surface area contributed by atoms with Crippen LogP contribution in [0.4, 0.5) is 5.69 Å². The maximum Gasteiger partial charge on any atom is 0.0424 e. The van der Waals surface area contributed by atoms with E-state index in [0.717, 1.165) is 15.7 Å². The molecule has 106 valence electrons. The Morgan fingerprint density at radius 2 is 1.52 bits per heavy atom. The van der Waals surface area contributed by atoms with E-state index in [-0.39, 0.29) is 0 Å². The molecule has 0 bridgehead atoms. The van der Waals surface area contributed by atoms with Gasteiger partial charge in [-0.3, -0.25) is 0 Å². The first-order chi connectivity index (χ1) is 10.1. The Kier molecular flexibility index (Phi) is 4.39. The second-order valence-corrected chi connectivity index (χ2v) is 6.50. The van der Waals surface area contributed by atoms with Gasteiger partial charge in [0.05, 0.1) is 0 Å². The smallest absolute Gasteiger partial charge is 0.0424 e. The summed E-state index contributed by atoms with van der Waals surface area (Å²) in [5.74, 6) is 0. The Labute approximate surface area is 142 Å². The SMILES string of the molecule is Clc1cc(Cl)cc(CNc2ccc(Br)c3ccccc23)c1. The molecule has 0 aliphatic heterocycles. The number of hydrogen-bond acceptors (Lipinski definition) is 1. The van der Waals surface area contributed by atoms with Crippen LogP contribution in [0.3, 0.4) is 0 Å². The Morgan fingerprint density at radius 3 is 2.24 bits per heavy atom. The Hall–Kier alpha value is -1.22. The summed E-state index contributed by atoms with van der Waals surface area (Å²) in [6.07, 6.45) is 0. The van der Waals surface area contributed by atoms with Crippen molar-refractivity contribution in [2.24, 2.45) is 0 Å². The van der Waals surface area contributed by atoms with Crippen molar-refractivity contribution in [3.8, 4) is 0 Å². The predicted octanol–water partition coefficient (Wildman–Crippen LogP) is 6.52. The molecule has 3 aromatic rings. The summed E-state index contributed by atoms with van der Waals surface area (Å²) in [6.45, 7) is 0.673. The fraction of sp³-hybridized carbons (Fsp3) is 0.0588. The monoisotopic (exact) mass is 379 g/mol. The van der Waals surface area contributed by atoms with Gasteiger partial charge in [0.15, 0.2) is 0 Å². The number of rotatable bonds is 3. The molecule has 0 heterocycles. The molecule has 0 saturated heterocycles. The molecule has 0 saturated carbocycles. The molecule has 1 nitrogen and oxygen atoms in total. The molecule has 0 spiro atoms. The molecule has 0 atom stereocenters. The Bertz CT molecular complexity index is 782. The highest BCUT2D eigenvalue weighted by atomic mass is 79.9. The topological polar surface area (TPSA) is 12.0 Å². The van der Waals surface area contributed by atoms with E-state index in [1.54, 1.807) is 6.07 Å². The number of benzene rings is 3. The van der Waals surface area contributed by atoms with Crippen molar-refractivity contribution in [3.05, 3.63) is 74.7 Å². The van der Waals surface area contributed by atoms with E-state index in [9.17, 15) is 0 Å². The second-order valence-electron chi connectivity index (χ2n) is 4.77. The first-order valence-electron chi connectivity index (χ1n) is 6.49. The molecule has 0 amide bonds. The van der Waals surface area contributed by atoms with Crippen molar-refractivity contribution in [2.45, 2.75) is 6.54 Å². The fourth-order valence-corrected chi connectivity index (χ4v) is 3.38. The highest BCUT2D eigenvalue weighted by molar-refractivity contribution is 9.10. The minimum atomic E-state index is 0.653. The minimum Gasteiger partial charge on any atom is -0.380 e. The third kappa shape index (κ3) is 3.34. The molecule has 21 heavy (non-hydrogen) atoms. The Balaban J connectivity index is 1.90. The van der Waals surface area contributed by atoms with Crippen LogP contribution in [0.2, 0.25) is 10.0 Å². The molecule has 4 heteroatoms. The van der Waals surface area contributed by atoms with Crippen molar-refractivity contribution < 1.29 is 0 Å². The number of anilines is 1. The zero-order valence-electron chi connectivity index (χ0n) is 11.0. The van der Waals surface area contributed by atoms with Crippen LogP contribution in [0.15, 0.2) is 59.1 Å². The van der Waals surface area contributed by atoms with Crippen LogP contribution in [0.5, 0.6) is 0 Å². The highest BCUT2D eigenvalue weighted by Crippen LogP contribution is 2.30. The lowest BCUT2D eigenvalue weighted by atomic mass is 10.1. The van der Waals surface area contributed by atoms with E-state index in [1.807, 2.05) is 24.3 Å². The van der Waals surface area contributed by atoms with Gasteiger partial charge < -0.3 is 5.32 Å². The lowest BCUT2D eigenvalue weighted by molar-refractivity contribution is 1.15. The van der Waals surface area contributed by atoms with Gasteiger partial charge in [0.2, 0.25) is 0 Å². The zero-order valence-corrected chi connectivity index (χ0v) is 14.1. The molecule has 3 aromatic carbocycles. The second kappa shape index (κ2) is 6.27. The largest absolute Gasteiger partial charge is 0.380 e. The summed E-state index contributed by atoms with van der Waals surface area (Å²) in [6, 6.07) is 18.0. The van der Waals surface area contributed by atoms with Crippen LogP contribution in [0.1, 0.15) is 5.56 Å². The summed E-state index contributed by atoms with van der Waals surface area (Å²) >= 11 is 15.6. The molecule has 0 unspecified atom stereocenters. The van der Waals surface area contributed by atoms with Crippen molar-refractivity contribution in [3.63, 3.8) is 0 Å². The molecular formula is C17H12BrCl2N. The average Bonchev–Trinajstić information content (AvgIpc) is 2.46. The average molecular weight is 381 g/mol. The number of halogens is 3. The van der Waals surface area contributed by atoms with E-state index in [2.05, 4.69) is 45.5 Å². The van der Waals surface area contributed by atoms with Crippen LogP contribution < -0.4 is 5.32 Å². The summed E-state index contributed by atoms with van der Waals surface area (Å²) < 4.78 is 1.09. The van der Waals surface area contributed by atoms with Crippen LogP contribution in [0.25, 0.3) is 10.8 Å². The van der Waals surface area contributed by atoms with E-state index in [4.69, 9.17) is 23.2 Å². The van der Waals surface area contributed by atoms with Gasteiger partial charge in [-0.15, -0.1) is 0 Å². The summed E-state index contributed by atoms with van der Waals surface area (Å²) in [7, 11) is 0. The summed E-state index contributed by atoms with van der Waals surface area (Å²) in [4.78, 5) is 0. The van der Waals surface area contributed by atoms with Gasteiger partial charge in [-0.1, -0.05) is 63.4 Å². The van der Waals surface area contributed by atoms with Crippen LogP contribution in [-0.4, -0.2) is 0 Å². The predicted molar refractivity (Wildman–Crippen MR) is 95.4 cm³/mol. The highest BCUT2D eigenvalue weighted by Gasteiger charge is 2.04. The van der Waals surface area contributed by atoms with E-state index >= 15 is 0 Å². The van der Waals surface area contributed by atoms with Gasteiger partial charge in [-0.25, -0.2) is 0 Å². The third-order valence-corrected chi connectivity index (χ3v) is 4.40. The zero-order chi connectivity index (χ0) is 14.8. The van der Waals surface area contributed by atoms with Gasteiger partial charge in [0.25, 0.3) is 0 Å². The minimum absolute atomic E-state index is 0.653. The molecule has 0 fully saturated rings. The van der Waals surface area contributed by atoms with Crippen molar-refractivity contribution in [1.29, 1.82) is 0 Å². The molecule has 0 aromatic heterocycles. The van der Waals surface area contributed by atoms with Crippen molar-refractivity contribution in [2.75, 3.05) is 5.32 Å². The molecular weight excluding hydrogens is 369 g/mol. The van der Waals surface area contributed by atoms with Gasteiger partial charge in [-0.05, 0) is 41.3 Å². The summed E-state index contributed by atoms with van der Waals surface area (Å²) in [5, 5.41) is 7.12. The third-order valence-electron chi connectivity index (χ3n) is 3.28. The summed E-state index contributed by atoms with van der Waals surface area (Å²) in [5.41, 5.74) is 2.14. The van der Waals surface area contributed by atoms with Gasteiger partial charge >= 0.3 is 0 Å². The quantitative estimate of drug-likeness (QED) is 0.545. The maximum atomic E-state index is 6.03. The van der Waals surface area contributed by atoms with Crippen LogP contribution >= 0.6 is 39.1 Å². The Morgan fingerprint density at radius 1 is 0.857 bits per heavy atom. The maximum absolute atomic E-state index is 6.03. The lowest BCUT2D eigenvalue weighted by Crippen LogP contribution is -2.00. The van der Waals surface area contributed by atoms with Crippen molar-refractivity contribution >= 4 is 55.6 Å². The first kappa shape index (κ1) is 14.7. The van der Waals surface area contributed by atoms with Gasteiger partial charge in [0.1, 0.15) is 0 Å². The number of hydrogen-bond donors (Lipinski definition) is 1. The normalized spacial score (nSPS) is 10.8.